The van der Waals surface area contributed by atoms with Crippen LogP contribution in [0.15, 0.2) is 0 Å². The lowest BCUT2D eigenvalue weighted by molar-refractivity contribution is -0.0818. The fraction of sp³-hybridized carbons (Fsp3) is 1.00. The zero-order chi connectivity index (χ0) is 13.3. The summed E-state index contributed by atoms with van der Waals surface area (Å²) in [5.74, 6) is 0. The largest absolute Gasteiger partial charge is 0.396 e. The molecule has 0 rings (SSSR count). The van der Waals surface area contributed by atoms with Gasteiger partial charge in [-0.25, -0.2) is 0 Å². The molecule has 0 amide bonds. The Balaban J connectivity index is 3.65. The highest BCUT2D eigenvalue weighted by Gasteiger charge is 2.26. The van der Waals surface area contributed by atoms with Gasteiger partial charge in [0.25, 0.3) is 0 Å². The average molecular weight is 247 g/mol. The van der Waals surface area contributed by atoms with E-state index in [0.717, 1.165) is 38.8 Å². The van der Waals surface area contributed by atoms with Crippen LogP contribution in [0.5, 0.6) is 0 Å². The van der Waals surface area contributed by atoms with Crippen molar-refractivity contribution in [3.8, 4) is 0 Å². The van der Waals surface area contributed by atoms with Crippen molar-refractivity contribution >= 4 is 0 Å². The first-order valence-electron chi connectivity index (χ1n) is 6.46. The predicted molar refractivity (Wildman–Crippen MR) is 70.1 cm³/mol. The minimum Gasteiger partial charge on any atom is -0.396 e. The van der Waals surface area contributed by atoms with Crippen LogP contribution in [0.25, 0.3) is 0 Å². The molecule has 4 nitrogen and oxygen atoms in total. The Bertz CT molecular complexity index is 186. The second kappa shape index (κ2) is 8.86. The third kappa shape index (κ3) is 7.71. The normalized spacial score (nSPS) is 14.3. The molecule has 0 aromatic carbocycles. The van der Waals surface area contributed by atoms with Crippen molar-refractivity contribution < 1.29 is 14.9 Å². The van der Waals surface area contributed by atoms with Gasteiger partial charge in [-0.05, 0) is 53.1 Å². The van der Waals surface area contributed by atoms with Gasteiger partial charge < -0.3 is 19.8 Å². The van der Waals surface area contributed by atoms with Gasteiger partial charge in [0.2, 0.25) is 0 Å². The van der Waals surface area contributed by atoms with Gasteiger partial charge >= 0.3 is 0 Å². The summed E-state index contributed by atoms with van der Waals surface area (Å²) in [6.45, 7) is 5.97. The number of methoxy groups -OCH3 is 1. The number of unbranched alkanes of at least 4 members (excludes halogenated alkanes) is 2. The van der Waals surface area contributed by atoms with Crippen LogP contribution >= 0.6 is 0 Å². The summed E-state index contributed by atoms with van der Waals surface area (Å²) in [7, 11) is 3.69. The second-order valence-corrected chi connectivity index (χ2v) is 5.20. The van der Waals surface area contributed by atoms with E-state index in [1.807, 2.05) is 13.8 Å². The van der Waals surface area contributed by atoms with Crippen molar-refractivity contribution in [1.82, 2.24) is 4.90 Å². The van der Waals surface area contributed by atoms with Gasteiger partial charge in [-0.1, -0.05) is 0 Å². The van der Waals surface area contributed by atoms with Crippen LogP contribution in [0.1, 0.15) is 39.5 Å². The molecule has 0 heterocycles. The van der Waals surface area contributed by atoms with E-state index >= 15 is 0 Å². The highest BCUT2D eigenvalue weighted by atomic mass is 16.5. The van der Waals surface area contributed by atoms with Gasteiger partial charge in [0.1, 0.15) is 0 Å². The zero-order valence-corrected chi connectivity index (χ0v) is 11.8. The number of rotatable bonds is 10. The molecule has 0 aromatic heterocycles. The van der Waals surface area contributed by atoms with Crippen LogP contribution in [-0.2, 0) is 4.74 Å². The maximum atomic E-state index is 9.95. The van der Waals surface area contributed by atoms with Crippen molar-refractivity contribution in [3.05, 3.63) is 0 Å². The van der Waals surface area contributed by atoms with E-state index in [-0.39, 0.29) is 6.61 Å². The lowest BCUT2D eigenvalue weighted by Crippen LogP contribution is -2.40. The van der Waals surface area contributed by atoms with Crippen molar-refractivity contribution in [2.75, 3.05) is 33.9 Å². The minimum absolute atomic E-state index is 0.282. The van der Waals surface area contributed by atoms with Crippen LogP contribution in [0.2, 0.25) is 0 Å². The predicted octanol–water partition coefficient (Wildman–Crippen LogP) is 1.26. The summed E-state index contributed by atoms with van der Waals surface area (Å²) in [6.07, 6.45) is 3.32. The van der Waals surface area contributed by atoms with Gasteiger partial charge in [-0.3, -0.25) is 0 Å². The van der Waals surface area contributed by atoms with E-state index in [1.54, 1.807) is 7.11 Å². The van der Waals surface area contributed by atoms with Crippen molar-refractivity contribution in [2.45, 2.75) is 51.2 Å². The van der Waals surface area contributed by atoms with Crippen molar-refractivity contribution in [1.29, 1.82) is 0 Å². The number of nitrogens with zero attached hydrogens (tertiary/aromatic N) is 1. The van der Waals surface area contributed by atoms with Crippen LogP contribution in [-0.4, -0.2) is 60.7 Å². The molecule has 0 saturated heterocycles. The van der Waals surface area contributed by atoms with E-state index in [9.17, 15) is 5.11 Å². The van der Waals surface area contributed by atoms with Gasteiger partial charge in [0.05, 0.1) is 11.7 Å². The maximum absolute atomic E-state index is 9.95. The van der Waals surface area contributed by atoms with E-state index in [4.69, 9.17) is 9.84 Å². The van der Waals surface area contributed by atoms with Gasteiger partial charge in [-0.2, -0.15) is 0 Å². The van der Waals surface area contributed by atoms with Crippen LogP contribution in [0.3, 0.4) is 0 Å². The first-order valence-corrected chi connectivity index (χ1v) is 6.46. The smallest absolute Gasteiger partial charge is 0.0880 e. The van der Waals surface area contributed by atoms with Gasteiger partial charge in [0, 0.05) is 20.3 Å². The molecule has 0 spiro atoms. The lowest BCUT2D eigenvalue weighted by atomic mass is 9.98. The van der Waals surface area contributed by atoms with Gasteiger partial charge in [0.15, 0.2) is 0 Å². The summed E-state index contributed by atoms with van der Waals surface area (Å²) >= 11 is 0. The van der Waals surface area contributed by atoms with Crippen molar-refractivity contribution in [2.24, 2.45) is 0 Å². The average Bonchev–Trinajstić information content (AvgIpc) is 2.31. The SMILES string of the molecule is COC(C)(C)C(O)CCN(C)CCCCCO. The summed E-state index contributed by atoms with van der Waals surface area (Å²) in [5.41, 5.74) is -0.474. The molecule has 0 radical (unpaired) electrons. The van der Waals surface area contributed by atoms with E-state index < -0.39 is 11.7 Å². The van der Waals surface area contributed by atoms with Gasteiger partial charge in [-0.15, -0.1) is 0 Å². The standard InChI is InChI=1S/C13H29NO3/c1-13(2,17-4)12(16)8-10-14(3)9-6-5-7-11-15/h12,15-16H,5-11H2,1-4H3. The monoisotopic (exact) mass is 247 g/mol. The molecule has 104 valence electrons. The Kier molecular flexibility index (Phi) is 8.78. The van der Waals surface area contributed by atoms with Crippen LogP contribution in [0.4, 0.5) is 0 Å². The van der Waals surface area contributed by atoms with Crippen LogP contribution < -0.4 is 0 Å². The summed E-state index contributed by atoms with van der Waals surface area (Å²) in [4.78, 5) is 2.21. The maximum Gasteiger partial charge on any atom is 0.0880 e. The summed E-state index contributed by atoms with van der Waals surface area (Å²) < 4.78 is 5.25. The summed E-state index contributed by atoms with van der Waals surface area (Å²) in [5, 5.41) is 18.6. The topological polar surface area (TPSA) is 52.9 Å². The molecular formula is C13H29NO3. The highest BCUT2D eigenvalue weighted by Crippen LogP contribution is 2.16. The number of aliphatic hydroxyl groups excluding tert-OH is 2. The fourth-order valence-electron chi connectivity index (χ4n) is 1.61. The quantitative estimate of drug-likeness (QED) is 0.571. The Labute approximate surface area is 106 Å². The molecule has 0 fully saturated rings. The number of hydrogen-bond donors (Lipinski definition) is 2. The van der Waals surface area contributed by atoms with E-state index in [2.05, 4.69) is 11.9 Å². The van der Waals surface area contributed by atoms with E-state index in [1.165, 1.54) is 0 Å². The first kappa shape index (κ1) is 16.8. The first-order chi connectivity index (χ1) is 7.94. The molecule has 0 saturated carbocycles. The molecule has 0 aromatic rings. The molecule has 2 N–H and O–H groups in total. The second-order valence-electron chi connectivity index (χ2n) is 5.20. The van der Waals surface area contributed by atoms with Crippen molar-refractivity contribution in [3.63, 3.8) is 0 Å². The minimum atomic E-state index is -0.474. The molecule has 17 heavy (non-hydrogen) atoms. The molecule has 1 unspecified atom stereocenters. The third-order valence-electron chi connectivity index (χ3n) is 3.31. The number of aliphatic hydroxyl groups is 2. The molecule has 0 aliphatic heterocycles. The third-order valence-corrected chi connectivity index (χ3v) is 3.31. The Morgan fingerprint density at radius 3 is 2.35 bits per heavy atom. The molecular weight excluding hydrogens is 218 g/mol. The van der Waals surface area contributed by atoms with Crippen LogP contribution in [0, 0.1) is 0 Å². The molecule has 0 aliphatic carbocycles. The molecule has 1 atom stereocenters. The Hall–Kier alpha value is -0.160. The Morgan fingerprint density at radius 1 is 1.18 bits per heavy atom. The summed E-state index contributed by atoms with van der Waals surface area (Å²) in [6, 6.07) is 0. The number of ether oxygens (including phenoxy) is 1. The molecule has 0 bridgehead atoms. The Morgan fingerprint density at radius 2 is 1.82 bits per heavy atom. The highest BCUT2D eigenvalue weighted by molar-refractivity contribution is 4.79. The fourth-order valence-corrected chi connectivity index (χ4v) is 1.61. The van der Waals surface area contributed by atoms with E-state index in [0.29, 0.717) is 0 Å². The lowest BCUT2D eigenvalue weighted by Gasteiger charge is -2.30. The number of hydrogen-bond acceptors (Lipinski definition) is 4. The molecule has 0 aliphatic rings. The molecule has 4 heteroatoms. The zero-order valence-electron chi connectivity index (χ0n) is 11.8.